The number of aromatic nitrogens is 2. The van der Waals surface area contributed by atoms with Crippen molar-refractivity contribution in [3.8, 4) is 22.7 Å². The van der Waals surface area contributed by atoms with Crippen molar-refractivity contribution in [1.29, 1.82) is 0 Å². The molecule has 8 heteroatoms. The van der Waals surface area contributed by atoms with Gasteiger partial charge in [-0.2, -0.15) is 5.10 Å². The van der Waals surface area contributed by atoms with Crippen molar-refractivity contribution in [1.82, 2.24) is 14.7 Å². The number of hydrogen-bond acceptors (Lipinski definition) is 5. The fourth-order valence-corrected chi connectivity index (χ4v) is 5.56. The molecule has 1 fully saturated rings. The molecule has 192 valence electrons. The molecule has 5 rings (SSSR count). The Morgan fingerprint density at radius 3 is 2.50 bits per heavy atom. The van der Waals surface area contributed by atoms with Crippen molar-refractivity contribution >= 4 is 51.9 Å². The van der Waals surface area contributed by atoms with Gasteiger partial charge in [0, 0.05) is 34.5 Å². The largest absolute Gasteiger partial charge is 0.489 e. The van der Waals surface area contributed by atoms with Gasteiger partial charge in [-0.1, -0.05) is 85.3 Å². The summed E-state index contributed by atoms with van der Waals surface area (Å²) in [4.78, 5) is 15.4. The summed E-state index contributed by atoms with van der Waals surface area (Å²) < 4.78 is 8.39. The zero-order valence-corrected chi connectivity index (χ0v) is 23.2. The number of carbonyl (C=O) groups excluding carboxylic acids is 1. The third-order valence-corrected chi connectivity index (χ3v) is 7.89. The summed E-state index contributed by atoms with van der Waals surface area (Å²) >= 11 is 13.1. The molecular weight excluding hydrogens is 534 g/mol. The van der Waals surface area contributed by atoms with Gasteiger partial charge in [-0.25, -0.2) is 4.68 Å². The van der Waals surface area contributed by atoms with E-state index in [0.717, 1.165) is 46.7 Å². The van der Waals surface area contributed by atoms with Gasteiger partial charge in [-0.15, -0.1) is 0 Å². The number of ether oxygens (including phenoxy) is 1. The molecule has 0 saturated carbocycles. The molecule has 1 aliphatic heterocycles. The van der Waals surface area contributed by atoms with Crippen molar-refractivity contribution in [3.63, 3.8) is 0 Å². The number of unbranched alkanes of at least 4 members (excludes halogenated alkanes) is 1. The zero-order valence-electron chi connectivity index (χ0n) is 20.8. The van der Waals surface area contributed by atoms with Gasteiger partial charge in [0.25, 0.3) is 5.91 Å². The average molecular weight is 560 g/mol. The van der Waals surface area contributed by atoms with E-state index in [0.29, 0.717) is 27.4 Å². The molecule has 1 aromatic heterocycles. The topological polar surface area (TPSA) is 47.4 Å². The lowest BCUT2D eigenvalue weighted by Gasteiger charge is -2.12. The number of nitrogens with zero attached hydrogens (tertiary/aromatic N) is 3. The minimum Gasteiger partial charge on any atom is -0.489 e. The maximum atomic E-state index is 13.1. The van der Waals surface area contributed by atoms with Crippen LogP contribution in [0.4, 0.5) is 0 Å². The van der Waals surface area contributed by atoms with Crippen LogP contribution in [-0.4, -0.2) is 31.5 Å². The van der Waals surface area contributed by atoms with Gasteiger partial charge in [0.15, 0.2) is 0 Å². The Labute approximate surface area is 237 Å². The minimum absolute atomic E-state index is 0.0461. The predicted molar refractivity (Wildman–Crippen MR) is 160 cm³/mol. The second-order valence-electron chi connectivity index (χ2n) is 8.80. The molecule has 0 spiro atoms. The molecule has 0 aliphatic carbocycles. The van der Waals surface area contributed by atoms with Crippen LogP contribution in [0, 0.1) is 0 Å². The summed E-state index contributed by atoms with van der Waals surface area (Å²) in [5, 5.41) is 5.57. The number of benzene rings is 3. The first-order valence-corrected chi connectivity index (χ1v) is 14.0. The third-order valence-electron chi connectivity index (χ3n) is 6.14. The van der Waals surface area contributed by atoms with Crippen LogP contribution < -0.4 is 4.74 Å². The molecule has 1 amide bonds. The normalized spacial score (nSPS) is 14.5. The number of carbonyl (C=O) groups is 1. The second kappa shape index (κ2) is 12.0. The molecule has 3 aromatic carbocycles. The van der Waals surface area contributed by atoms with Crippen LogP contribution in [-0.2, 0) is 11.4 Å². The molecule has 4 aromatic rings. The van der Waals surface area contributed by atoms with Crippen LogP contribution in [0.5, 0.6) is 5.75 Å². The molecular formula is C30H26ClN3O2S2. The van der Waals surface area contributed by atoms with Gasteiger partial charge in [0.05, 0.1) is 16.3 Å². The second-order valence-corrected chi connectivity index (χ2v) is 10.9. The SMILES string of the molecule is CCCCN1C(=O)C(=Cc2cn(-c3ccccc3)nc2-c2ccc(OCc3ccccc3Cl)cc2)SC1=S. The fourth-order valence-electron chi connectivity index (χ4n) is 4.07. The highest BCUT2D eigenvalue weighted by Crippen LogP contribution is 2.35. The summed E-state index contributed by atoms with van der Waals surface area (Å²) in [5.74, 6) is 0.685. The molecule has 38 heavy (non-hydrogen) atoms. The summed E-state index contributed by atoms with van der Waals surface area (Å²) in [6.45, 7) is 3.13. The van der Waals surface area contributed by atoms with Crippen molar-refractivity contribution in [2.75, 3.05) is 6.54 Å². The van der Waals surface area contributed by atoms with E-state index in [1.165, 1.54) is 11.8 Å². The Kier molecular flexibility index (Phi) is 8.27. The van der Waals surface area contributed by atoms with E-state index in [1.807, 2.05) is 95.8 Å². The minimum atomic E-state index is -0.0461. The predicted octanol–water partition coefficient (Wildman–Crippen LogP) is 7.77. The van der Waals surface area contributed by atoms with Crippen LogP contribution in [0.3, 0.4) is 0 Å². The van der Waals surface area contributed by atoms with E-state index in [1.54, 1.807) is 4.90 Å². The quantitative estimate of drug-likeness (QED) is 0.155. The van der Waals surface area contributed by atoms with Crippen LogP contribution in [0.15, 0.2) is 90.0 Å². The highest BCUT2D eigenvalue weighted by molar-refractivity contribution is 8.26. The van der Waals surface area contributed by atoms with E-state index >= 15 is 0 Å². The monoisotopic (exact) mass is 559 g/mol. The maximum Gasteiger partial charge on any atom is 0.266 e. The molecule has 5 nitrogen and oxygen atoms in total. The first-order valence-electron chi connectivity index (χ1n) is 12.4. The third kappa shape index (κ3) is 5.85. The lowest BCUT2D eigenvalue weighted by molar-refractivity contribution is -0.122. The standard InChI is InChI=1S/C30H26ClN3O2S2/c1-2-3-17-33-29(35)27(38-30(33)37)18-23-19-34(24-10-5-4-6-11-24)32-28(23)21-13-15-25(16-14-21)36-20-22-9-7-8-12-26(22)31/h4-16,18-19H,2-3,17,20H2,1H3. The van der Waals surface area contributed by atoms with E-state index < -0.39 is 0 Å². The molecule has 1 aliphatic rings. The number of thioether (sulfide) groups is 1. The molecule has 1 saturated heterocycles. The van der Waals surface area contributed by atoms with E-state index in [-0.39, 0.29) is 5.91 Å². The smallest absolute Gasteiger partial charge is 0.266 e. The Hall–Kier alpha value is -3.39. The van der Waals surface area contributed by atoms with Crippen molar-refractivity contribution in [2.45, 2.75) is 26.4 Å². The fraction of sp³-hybridized carbons (Fsp3) is 0.167. The Bertz CT molecular complexity index is 1480. The maximum absolute atomic E-state index is 13.1. The van der Waals surface area contributed by atoms with Crippen LogP contribution in [0.1, 0.15) is 30.9 Å². The average Bonchev–Trinajstić information content (AvgIpc) is 3.48. The van der Waals surface area contributed by atoms with Gasteiger partial charge in [-0.05, 0) is 55.0 Å². The molecule has 2 heterocycles. The highest BCUT2D eigenvalue weighted by atomic mass is 35.5. The lowest BCUT2D eigenvalue weighted by atomic mass is 10.1. The van der Waals surface area contributed by atoms with Crippen molar-refractivity contribution in [2.24, 2.45) is 0 Å². The summed E-state index contributed by atoms with van der Waals surface area (Å²) in [7, 11) is 0. The number of halogens is 1. The Morgan fingerprint density at radius 1 is 1.03 bits per heavy atom. The van der Waals surface area contributed by atoms with Gasteiger partial charge >= 0.3 is 0 Å². The molecule has 0 unspecified atom stereocenters. The van der Waals surface area contributed by atoms with Crippen LogP contribution in [0.25, 0.3) is 23.0 Å². The Balaban J connectivity index is 1.44. The van der Waals surface area contributed by atoms with Crippen molar-refractivity contribution in [3.05, 3.63) is 106 Å². The summed E-state index contributed by atoms with van der Waals surface area (Å²) in [6.07, 6.45) is 5.77. The van der Waals surface area contributed by atoms with Gasteiger partial charge in [0.1, 0.15) is 16.7 Å². The van der Waals surface area contributed by atoms with Crippen LogP contribution >= 0.6 is 35.6 Å². The molecule has 0 N–H and O–H groups in total. The summed E-state index contributed by atoms with van der Waals surface area (Å²) in [5.41, 5.74) is 4.39. The number of thiocarbonyl (C=S) groups is 1. The first-order chi connectivity index (χ1) is 18.5. The summed E-state index contributed by atoms with van der Waals surface area (Å²) in [6, 6.07) is 25.3. The first kappa shape index (κ1) is 26.2. The van der Waals surface area contributed by atoms with E-state index in [9.17, 15) is 4.79 Å². The Morgan fingerprint density at radius 2 is 1.76 bits per heavy atom. The number of hydrogen-bond donors (Lipinski definition) is 0. The van der Waals surface area contributed by atoms with Crippen LogP contribution in [0.2, 0.25) is 5.02 Å². The number of amides is 1. The van der Waals surface area contributed by atoms with Gasteiger partial charge in [-0.3, -0.25) is 9.69 Å². The molecule has 0 radical (unpaired) electrons. The molecule has 0 bridgehead atoms. The number of para-hydroxylation sites is 1. The zero-order chi connectivity index (χ0) is 26.5. The molecule has 0 atom stereocenters. The highest BCUT2D eigenvalue weighted by Gasteiger charge is 2.31. The van der Waals surface area contributed by atoms with Crippen molar-refractivity contribution < 1.29 is 9.53 Å². The number of rotatable bonds is 9. The van der Waals surface area contributed by atoms with E-state index in [4.69, 9.17) is 33.7 Å². The van der Waals surface area contributed by atoms with Gasteiger partial charge < -0.3 is 4.74 Å². The lowest BCUT2D eigenvalue weighted by Crippen LogP contribution is -2.28. The van der Waals surface area contributed by atoms with E-state index in [2.05, 4.69) is 6.92 Å². The van der Waals surface area contributed by atoms with Gasteiger partial charge in [0.2, 0.25) is 0 Å².